The molecular formula is C13H21NO4. The van der Waals surface area contributed by atoms with Crippen LogP contribution in [0.25, 0.3) is 0 Å². The minimum atomic E-state index is -0.479. The molecule has 0 aromatic rings. The molecule has 1 amide bonds. The largest absolute Gasteiger partial charge is 0.444 e. The number of amides is 1. The summed E-state index contributed by atoms with van der Waals surface area (Å²) in [7, 11) is 0. The maximum absolute atomic E-state index is 12.0. The second kappa shape index (κ2) is 4.53. The molecule has 1 heterocycles. The van der Waals surface area contributed by atoms with Crippen molar-refractivity contribution in [2.75, 3.05) is 19.7 Å². The molecule has 0 unspecified atom stereocenters. The molecule has 5 heteroatoms. The SMILES string of the molecule is CC(C)(C)OC(=O)N1CCOC2(CC(C=O)C2)C1. The number of aldehydes is 1. The van der Waals surface area contributed by atoms with E-state index in [4.69, 9.17) is 9.47 Å². The first-order chi connectivity index (χ1) is 8.34. The summed E-state index contributed by atoms with van der Waals surface area (Å²) >= 11 is 0. The molecule has 5 nitrogen and oxygen atoms in total. The third kappa shape index (κ3) is 2.83. The number of ether oxygens (including phenoxy) is 2. The van der Waals surface area contributed by atoms with Crippen LogP contribution in [0.3, 0.4) is 0 Å². The summed E-state index contributed by atoms with van der Waals surface area (Å²) in [6, 6.07) is 0. The Bertz CT molecular complexity index is 341. The van der Waals surface area contributed by atoms with Crippen LogP contribution < -0.4 is 0 Å². The Balaban J connectivity index is 1.91. The van der Waals surface area contributed by atoms with Crippen LogP contribution >= 0.6 is 0 Å². The molecule has 102 valence electrons. The zero-order valence-corrected chi connectivity index (χ0v) is 11.3. The van der Waals surface area contributed by atoms with Crippen molar-refractivity contribution in [3.05, 3.63) is 0 Å². The minimum Gasteiger partial charge on any atom is -0.444 e. The van der Waals surface area contributed by atoms with Crippen LogP contribution in [0.15, 0.2) is 0 Å². The van der Waals surface area contributed by atoms with Gasteiger partial charge < -0.3 is 19.2 Å². The molecule has 1 aliphatic carbocycles. The van der Waals surface area contributed by atoms with Crippen LogP contribution in [0.4, 0.5) is 4.79 Å². The van der Waals surface area contributed by atoms with E-state index in [1.165, 1.54) is 0 Å². The summed E-state index contributed by atoms with van der Waals surface area (Å²) in [5.74, 6) is 0.0867. The van der Waals surface area contributed by atoms with E-state index >= 15 is 0 Å². The molecule has 0 N–H and O–H groups in total. The molecule has 1 aliphatic heterocycles. The number of nitrogens with zero attached hydrogens (tertiary/aromatic N) is 1. The molecule has 0 aromatic carbocycles. The van der Waals surface area contributed by atoms with Crippen LogP contribution in [0, 0.1) is 5.92 Å². The van der Waals surface area contributed by atoms with Crippen molar-refractivity contribution in [3.8, 4) is 0 Å². The van der Waals surface area contributed by atoms with Gasteiger partial charge in [0, 0.05) is 12.5 Å². The van der Waals surface area contributed by atoms with E-state index < -0.39 is 5.60 Å². The number of carbonyl (C=O) groups excluding carboxylic acids is 2. The van der Waals surface area contributed by atoms with Gasteiger partial charge in [-0.3, -0.25) is 0 Å². The lowest BCUT2D eigenvalue weighted by molar-refractivity contribution is -0.171. The van der Waals surface area contributed by atoms with Crippen LogP contribution in [-0.2, 0) is 14.3 Å². The average molecular weight is 255 g/mol. The van der Waals surface area contributed by atoms with E-state index in [1.54, 1.807) is 4.90 Å². The second-order valence-corrected chi connectivity index (χ2v) is 6.24. The molecule has 0 aromatic heterocycles. The van der Waals surface area contributed by atoms with Gasteiger partial charge in [0.2, 0.25) is 0 Å². The Labute approximate surface area is 107 Å². The van der Waals surface area contributed by atoms with E-state index in [0.29, 0.717) is 19.7 Å². The van der Waals surface area contributed by atoms with Gasteiger partial charge in [-0.1, -0.05) is 0 Å². The van der Waals surface area contributed by atoms with Crippen LogP contribution in [0.5, 0.6) is 0 Å². The number of hydrogen-bond donors (Lipinski definition) is 0. The molecule has 1 spiro atoms. The molecular weight excluding hydrogens is 234 g/mol. The monoisotopic (exact) mass is 255 g/mol. The van der Waals surface area contributed by atoms with Crippen molar-refractivity contribution in [1.82, 2.24) is 4.90 Å². The van der Waals surface area contributed by atoms with Crippen molar-refractivity contribution in [2.24, 2.45) is 5.92 Å². The number of rotatable bonds is 1. The first-order valence-electron chi connectivity index (χ1n) is 6.41. The third-order valence-corrected chi connectivity index (χ3v) is 3.36. The average Bonchev–Trinajstić information content (AvgIpc) is 2.23. The van der Waals surface area contributed by atoms with Gasteiger partial charge >= 0.3 is 6.09 Å². The van der Waals surface area contributed by atoms with Gasteiger partial charge in [0.25, 0.3) is 0 Å². The summed E-state index contributed by atoms with van der Waals surface area (Å²) in [6.45, 7) is 7.17. The first-order valence-corrected chi connectivity index (χ1v) is 6.41. The van der Waals surface area contributed by atoms with E-state index in [1.807, 2.05) is 20.8 Å². The highest BCUT2D eigenvalue weighted by atomic mass is 16.6. The van der Waals surface area contributed by atoms with Crippen molar-refractivity contribution >= 4 is 12.4 Å². The first kappa shape index (κ1) is 13.3. The summed E-state index contributed by atoms with van der Waals surface area (Å²) in [4.78, 5) is 24.3. The van der Waals surface area contributed by atoms with Crippen molar-refractivity contribution in [3.63, 3.8) is 0 Å². The predicted molar refractivity (Wildman–Crippen MR) is 65.3 cm³/mol. The lowest BCUT2D eigenvalue weighted by Gasteiger charge is -2.50. The Morgan fingerprint density at radius 1 is 1.44 bits per heavy atom. The van der Waals surface area contributed by atoms with Gasteiger partial charge in [-0.05, 0) is 33.6 Å². The maximum Gasteiger partial charge on any atom is 0.410 e. The number of morpholine rings is 1. The second-order valence-electron chi connectivity index (χ2n) is 6.24. The smallest absolute Gasteiger partial charge is 0.410 e. The van der Waals surface area contributed by atoms with E-state index in [9.17, 15) is 9.59 Å². The molecule has 0 atom stereocenters. The van der Waals surface area contributed by atoms with Gasteiger partial charge in [-0.2, -0.15) is 0 Å². The zero-order valence-electron chi connectivity index (χ0n) is 11.3. The van der Waals surface area contributed by atoms with Gasteiger partial charge in [0.15, 0.2) is 0 Å². The predicted octanol–water partition coefficient (Wildman–Crippen LogP) is 1.60. The highest BCUT2D eigenvalue weighted by Crippen LogP contribution is 2.42. The molecule has 0 radical (unpaired) electrons. The van der Waals surface area contributed by atoms with Crippen molar-refractivity contribution in [2.45, 2.75) is 44.8 Å². The van der Waals surface area contributed by atoms with Crippen LogP contribution in [-0.4, -0.2) is 48.2 Å². The highest BCUT2D eigenvalue weighted by molar-refractivity contribution is 5.68. The number of carbonyl (C=O) groups is 2. The topological polar surface area (TPSA) is 55.8 Å². The van der Waals surface area contributed by atoms with Crippen molar-refractivity contribution in [1.29, 1.82) is 0 Å². The Hall–Kier alpha value is -1.10. The maximum atomic E-state index is 12.0. The third-order valence-electron chi connectivity index (χ3n) is 3.36. The highest BCUT2D eigenvalue weighted by Gasteiger charge is 2.49. The van der Waals surface area contributed by atoms with Crippen LogP contribution in [0.1, 0.15) is 33.6 Å². The Morgan fingerprint density at radius 2 is 2.11 bits per heavy atom. The van der Waals surface area contributed by atoms with E-state index in [2.05, 4.69) is 0 Å². The molecule has 0 bridgehead atoms. The molecule has 2 aliphatic rings. The zero-order chi connectivity index (χ0) is 13.4. The minimum absolute atomic E-state index is 0.0867. The number of hydrogen-bond acceptors (Lipinski definition) is 4. The molecule has 2 fully saturated rings. The van der Waals surface area contributed by atoms with Gasteiger partial charge in [-0.25, -0.2) is 4.79 Å². The normalized spacial score (nSPS) is 31.9. The molecule has 18 heavy (non-hydrogen) atoms. The summed E-state index contributed by atoms with van der Waals surface area (Å²) in [5.41, 5.74) is -0.784. The van der Waals surface area contributed by atoms with E-state index in [0.717, 1.165) is 19.1 Å². The standard InChI is InChI=1S/C13H21NO4/c1-12(2,3)18-11(16)14-4-5-17-13(9-14)6-10(7-13)8-15/h8,10H,4-7,9H2,1-3H3. The molecule has 1 saturated heterocycles. The summed E-state index contributed by atoms with van der Waals surface area (Å²) in [5, 5.41) is 0. The fourth-order valence-corrected chi connectivity index (χ4v) is 2.57. The lowest BCUT2D eigenvalue weighted by atomic mass is 9.70. The van der Waals surface area contributed by atoms with Gasteiger partial charge in [0.05, 0.1) is 18.8 Å². The van der Waals surface area contributed by atoms with Crippen molar-refractivity contribution < 1.29 is 19.1 Å². The molecule has 1 saturated carbocycles. The van der Waals surface area contributed by atoms with Crippen LogP contribution in [0.2, 0.25) is 0 Å². The summed E-state index contributed by atoms with van der Waals surface area (Å²) in [6.07, 6.45) is 2.12. The fraction of sp³-hybridized carbons (Fsp3) is 0.846. The quantitative estimate of drug-likeness (QED) is 0.668. The van der Waals surface area contributed by atoms with E-state index in [-0.39, 0.29) is 17.6 Å². The fourth-order valence-electron chi connectivity index (χ4n) is 2.57. The van der Waals surface area contributed by atoms with Gasteiger partial charge in [-0.15, -0.1) is 0 Å². The Morgan fingerprint density at radius 3 is 2.67 bits per heavy atom. The van der Waals surface area contributed by atoms with Gasteiger partial charge in [0.1, 0.15) is 11.9 Å². The Kier molecular flexibility index (Phi) is 3.36. The lowest BCUT2D eigenvalue weighted by Crippen LogP contribution is -2.60. The molecule has 2 rings (SSSR count). The summed E-state index contributed by atoms with van der Waals surface area (Å²) < 4.78 is 11.1.